The average Bonchev–Trinajstić information content (AvgIpc) is 2.40. The summed E-state index contributed by atoms with van der Waals surface area (Å²) in [6, 6.07) is 0. The molecule has 0 amide bonds. The molecule has 0 spiro atoms. The molecule has 1 N–H and O–H groups in total. The number of hydrogen-bond donors (Lipinski definition) is 1. The van der Waals surface area contributed by atoms with Gasteiger partial charge in [-0.1, -0.05) is 71.6 Å². The summed E-state index contributed by atoms with van der Waals surface area (Å²) in [5.41, 5.74) is 0. The molecule has 0 aliphatic carbocycles. The van der Waals surface area contributed by atoms with Gasteiger partial charge in [0.1, 0.15) is 0 Å². The van der Waals surface area contributed by atoms with Crippen LogP contribution in [0.1, 0.15) is 84.5 Å². The summed E-state index contributed by atoms with van der Waals surface area (Å²) in [6.45, 7) is 6.41. The van der Waals surface area contributed by atoms with Crippen LogP contribution in [-0.4, -0.2) is 94.7 Å². The van der Waals surface area contributed by atoms with Crippen molar-refractivity contribution in [3.8, 4) is 0 Å². The van der Waals surface area contributed by atoms with Crippen LogP contribution in [0.5, 0.6) is 0 Å². The molecule has 0 bridgehead atoms. The Hall–Kier alpha value is 1.43. The quantitative estimate of drug-likeness (QED) is 0.365. The van der Waals surface area contributed by atoms with Crippen molar-refractivity contribution in [1.29, 1.82) is 0 Å². The molecular formula is C17H35NNa2O2. The number of nitrogens with zero attached hydrogens (tertiary/aromatic N) is 1. The van der Waals surface area contributed by atoms with Crippen LogP contribution in [0.4, 0.5) is 0 Å². The molecule has 0 aromatic carbocycles. The molecule has 0 unspecified atom stereocenters. The van der Waals surface area contributed by atoms with Crippen molar-refractivity contribution < 1.29 is 9.90 Å². The maximum absolute atomic E-state index is 10.7. The van der Waals surface area contributed by atoms with Crippen LogP contribution in [0.25, 0.3) is 0 Å². The van der Waals surface area contributed by atoms with E-state index in [4.69, 9.17) is 5.11 Å². The number of unbranched alkanes of at least 4 members (excludes halogenated alkanes) is 9. The zero-order chi connectivity index (χ0) is 15.1. The smallest absolute Gasteiger partial charge is 0.317 e. The molecule has 2 radical (unpaired) electrons. The van der Waals surface area contributed by atoms with E-state index in [0.717, 1.165) is 25.9 Å². The number of carboxylic acid groups (broad SMARTS) is 1. The van der Waals surface area contributed by atoms with Gasteiger partial charge in [-0.3, -0.25) is 9.69 Å². The van der Waals surface area contributed by atoms with E-state index in [1.54, 1.807) is 0 Å². The third kappa shape index (κ3) is 21.4. The zero-order valence-corrected chi connectivity index (χ0v) is 19.7. The first-order valence-electron chi connectivity index (χ1n) is 8.64. The van der Waals surface area contributed by atoms with Gasteiger partial charge in [-0.05, 0) is 25.9 Å². The first-order valence-corrected chi connectivity index (χ1v) is 8.64. The van der Waals surface area contributed by atoms with Gasteiger partial charge in [-0.15, -0.1) is 0 Å². The van der Waals surface area contributed by atoms with E-state index in [9.17, 15) is 4.79 Å². The fourth-order valence-corrected chi connectivity index (χ4v) is 2.60. The Bertz CT molecular complexity index is 229. The van der Waals surface area contributed by atoms with E-state index in [1.807, 2.05) is 0 Å². The van der Waals surface area contributed by atoms with Crippen LogP contribution in [0.2, 0.25) is 0 Å². The molecular weight excluding hydrogens is 296 g/mol. The molecule has 0 aromatic heterocycles. The van der Waals surface area contributed by atoms with E-state index in [2.05, 4.69) is 18.7 Å². The van der Waals surface area contributed by atoms with E-state index in [1.165, 1.54) is 57.8 Å². The molecule has 0 aromatic rings. The summed E-state index contributed by atoms with van der Waals surface area (Å²) in [7, 11) is 0. The number of aliphatic carboxylic acids is 1. The Balaban J connectivity index is -0.00000180. The van der Waals surface area contributed by atoms with Crippen LogP contribution < -0.4 is 0 Å². The first-order chi connectivity index (χ1) is 9.70. The molecule has 0 heterocycles. The van der Waals surface area contributed by atoms with Crippen LogP contribution in [-0.2, 0) is 4.79 Å². The molecule has 0 atom stereocenters. The zero-order valence-electron chi connectivity index (χ0n) is 15.7. The van der Waals surface area contributed by atoms with E-state index >= 15 is 0 Å². The summed E-state index contributed by atoms with van der Waals surface area (Å²) in [5, 5.41) is 8.83. The van der Waals surface area contributed by atoms with E-state index < -0.39 is 5.97 Å². The van der Waals surface area contributed by atoms with Crippen LogP contribution in [0, 0.1) is 0 Å². The Kier molecular flexibility index (Phi) is 28.8. The van der Waals surface area contributed by atoms with E-state index in [0.29, 0.717) is 0 Å². The van der Waals surface area contributed by atoms with Crippen LogP contribution in [0.3, 0.4) is 0 Å². The average molecular weight is 331 g/mol. The number of carbonyl (C=O) groups is 1. The third-order valence-corrected chi connectivity index (χ3v) is 3.73. The van der Waals surface area contributed by atoms with Gasteiger partial charge >= 0.3 is 5.97 Å². The predicted molar refractivity (Wildman–Crippen MR) is 97.7 cm³/mol. The predicted octanol–water partition coefficient (Wildman–Crippen LogP) is 3.94. The molecule has 0 aliphatic rings. The van der Waals surface area contributed by atoms with Gasteiger partial charge in [-0.2, -0.15) is 0 Å². The van der Waals surface area contributed by atoms with Crippen molar-refractivity contribution in [2.75, 3.05) is 19.6 Å². The van der Waals surface area contributed by atoms with Crippen LogP contribution >= 0.6 is 0 Å². The summed E-state index contributed by atoms with van der Waals surface area (Å²) >= 11 is 0. The molecule has 0 rings (SSSR count). The van der Waals surface area contributed by atoms with Gasteiger partial charge in [0.05, 0.1) is 6.54 Å². The SMILES string of the molecule is CCCCCCCCCCCCN(CCC)CC(=O)O.[Na].[Na]. The topological polar surface area (TPSA) is 40.5 Å². The van der Waals surface area contributed by atoms with Gasteiger partial charge in [0.25, 0.3) is 0 Å². The third-order valence-electron chi connectivity index (χ3n) is 3.73. The molecule has 3 nitrogen and oxygen atoms in total. The van der Waals surface area contributed by atoms with Crippen molar-refractivity contribution in [2.45, 2.75) is 84.5 Å². The normalized spacial score (nSPS) is 10.1. The summed E-state index contributed by atoms with van der Waals surface area (Å²) in [4.78, 5) is 12.8. The fraction of sp³-hybridized carbons (Fsp3) is 0.941. The summed E-state index contributed by atoms with van der Waals surface area (Å²) in [5.74, 6) is -0.703. The Morgan fingerprint density at radius 1 is 0.727 bits per heavy atom. The molecule has 0 saturated carbocycles. The van der Waals surface area contributed by atoms with Crippen molar-refractivity contribution in [3.63, 3.8) is 0 Å². The second kappa shape index (κ2) is 22.4. The monoisotopic (exact) mass is 331 g/mol. The second-order valence-corrected chi connectivity index (χ2v) is 5.85. The van der Waals surface area contributed by atoms with Crippen LogP contribution in [0.15, 0.2) is 0 Å². The molecule has 0 fully saturated rings. The first kappa shape index (κ1) is 28.2. The Morgan fingerprint density at radius 3 is 1.59 bits per heavy atom. The Morgan fingerprint density at radius 2 is 1.18 bits per heavy atom. The molecule has 5 heteroatoms. The number of hydrogen-bond acceptors (Lipinski definition) is 2. The van der Waals surface area contributed by atoms with Gasteiger partial charge < -0.3 is 5.11 Å². The maximum atomic E-state index is 10.7. The van der Waals surface area contributed by atoms with Crippen molar-refractivity contribution in [3.05, 3.63) is 0 Å². The minimum atomic E-state index is -0.703. The minimum absolute atomic E-state index is 0. The molecule has 122 valence electrons. The maximum Gasteiger partial charge on any atom is 0.317 e. The molecule has 0 saturated heterocycles. The van der Waals surface area contributed by atoms with Crippen molar-refractivity contribution in [1.82, 2.24) is 4.90 Å². The minimum Gasteiger partial charge on any atom is -0.480 e. The molecule has 0 aliphatic heterocycles. The van der Waals surface area contributed by atoms with Crippen molar-refractivity contribution in [2.24, 2.45) is 0 Å². The summed E-state index contributed by atoms with van der Waals surface area (Å²) in [6.07, 6.45) is 14.3. The van der Waals surface area contributed by atoms with E-state index in [-0.39, 0.29) is 65.7 Å². The van der Waals surface area contributed by atoms with Gasteiger partial charge in [-0.25, -0.2) is 0 Å². The number of carboxylic acids is 1. The Labute approximate surface area is 182 Å². The standard InChI is InChI=1S/C17H35NO2.2Na/c1-3-5-6-7-8-9-10-11-12-13-15-18(14-4-2)16-17(19)20;;/h3-16H2,1-2H3,(H,19,20);;. The van der Waals surface area contributed by atoms with Crippen molar-refractivity contribution >= 4 is 65.1 Å². The van der Waals surface area contributed by atoms with Gasteiger partial charge in [0.2, 0.25) is 0 Å². The van der Waals surface area contributed by atoms with Gasteiger partial charge in [0, 0.05) is 59.1 Å². The number of rotatable bonds is 15. The summed E-state index contributed by atoms with van der Waals surface area (Å²) < 4.78 is 0. The van der Waals surface area contributed by atoms with Gasteiger partial charge in [0.15, 0.2) is 0 Å². The molecule has 22 heavy (non-hydrogen) atoms. The fourth-order valence-electron chi connectivity index (χ4n) is 2.60. The largest absolute Gasteiger partial charge is 0.480 e. The second-order valence-electron chi connectivity index (χ2n) is 5.85.